The predicted molar refractivity (Wildman–Crippen MR) is 81.4 cm³/mol. The van der Waals surface area contributed by atoms with Crippen molar-refractivity contribution >= 4 is 21.6 Å². The maximum absolute atomic E-state index is 11.9. The average molecular weight is 355 g/mol. The highest BCUT2D eigenvalue weighted by Gasteiger charge is 2.08. The minimum Gasteiger partial charge on any atom is -0.481 e. The van der Waals surface area contributed by atoms with Crippen molar-refractivity contribution < 1.29 is 9.84 Å². The normalized spacial score (nSPS) is 10.4. The third-order valence-corrected chi connectivity index (χ3v) is 3.55. The Morgan fingerprint density at radius 2 is 2.24 bits per heavy atom. The van der Waals surface area contributed by atoms with E-state index in [1.807, 2.05) is 6.07 Å². The van der Waals surface area contributed by atoms with Crippen molar-refractivity contribution in [3.8, 4) is 5.88 Å². The molecule has 0 saturated heterocycles. The van der Waals surface area contributed by atoms with Crippen molar-refractivity contribution in [1.29, 1.82) is 0 Å². The molecule has 2 rings (SSSR count). The fraction of sp³-hybridized carbons (Fsp3) is 0.308. The van der Waals surface area contributed by atoms with E-state index in [0.29, 0.717) is 22.6 Å². The van der Waals surface area contributed by atoms with Gasteiger partial charge in [0, 0.05) is 18.8 Å². The molecule has 0 unspecified atom stereocenters. The number of hydrogen-bond acceptors (Lipinski definition) is 6. The molecule has 0 aliphatic rings. The minimum atomic E-state index is -0.290. The third-order valence-electron chi connectivity index (χ3n) is 2.79. The molecule has 0 radical (unpaired) electrons. The smallest absolute Gasteiger partial charge is 0.283 e. The molecule has 0 saturated carbocycles. The molecule has 2 heterocycles. The first kappa shape index (κ1) is 15.5. The zero-order valence-corrected chi connectivity index (χ0v) is 13.0. The monoisotopic (exact) mass is 354 g/mol. The van der Waals surface area contributed by atoms with Crippen LogP contribution >= 0.6 is 15.9 Å². The molecular formula is C13H15BrN4O3. The lowest BCUT2D eigenvalue weighted by molar-refractivity contribution is 0.266. The van der Waals surface area contributed by atoms with Crippen LogP contribution in [0.2, 0.25) is 0 Å². The fourth-order valence-corrected chi connectivity index (χ4v) is 2.12. The van der Waals surface area contributed by atoms with E-state index in [4.69, 9.17) is 9.84 Å². The molecule has 2 aromatic rings. The number of halogens is 1. The summed E-state index contributed by atoms with van der Waals surface area (Å²) >= 11 is 3.24. The van der Waals surface area contributed by atoms with Crippen molar-refractivity contribution in [2.75, 3.05) is 19.0 Å². The Bertz CT molecular complexity index is 657. The fourth-order valence-electron chi connectivity index (χ4n) is 1.68. The molecule has 8 heteroatoms. The van der Waals surface area contributed by atoms with Crippen LogP contribution in [0.4, 0.5) is 5.69 Å². The van der Waals surface area contributed by atoms with Crippen LogP contribution in [0.5, 0.6) is 5.88 Å². The average Bonchev–Trinajstić information content (AvgIpc) is 2.52. The number of aliphatic hydroxyl groups excluding tert-OH is 1. The summed E-state index contributed by atoms with van der Waals surface area (Å²) in [6.45, 7) is 0.532. The number of methoxy groups -OCH3 is 1. The third kappa shape index (κ3) is 3.79. The molecule has 0 aliphatic carbocycles. The second kappa shape index (κ2) is 7.19. The molecule has 0 aliphatic heterocycles. The van der Waals surface area contributed by atoms with Gasteiger partial charge in [-0.05, 0) is 21.5 Å². The molecule has 2 N–H and O–H groups in total. The molecule has 0 atom stereocenters. The number of anilines is 1. The van der Waals surface area contributed by atoms with Crippen molar-refractivity contribution in [2.24, 2.45) is 0 Å². The van der Waals surface area contributed by atoms with E-state index in [9.17, 15) is 4.79 Å². The number of hydrogen-bond donors (Lipinski definition) is 2. The van der Waals surface area contributed by atoms with Gasteiger partial charge >= 0.3 is 0 Å². The second-order valence-electron chi connectivity index (χ2n) is 4.19. The Hall–Kier alpha value is -1.93. The van der Waals surface area contributed by atoms with Crippen LogP contribution in [0.1, 0.15) is 5.56 Å². The number of nitrogens with one attached hydrogen (secondary N) is 1. The highest BCUT2D eigenvalue weighted by Crippen LogP contribution is 2.17. The summed E-state index contributed by atoms with van der Waals surface area (Å²) in [6, 6.07) is 3.65. The van der Waals surface area contributed by atoms with Crippen LogP contribution in [0, 0.1) is 0 Å². The van der Waals surface area contributed by atoms with E-state index in [-0.39, 0.29) is 18.7 Å². The van der Waals surface area contributed by atoms with Gasteiger partial charge in [-0.2, -0.15) is 5.10 Å². The van der Waals surface area contributed by atoms with E-state index < -0.39 is 0 Å². The van der Waals surface area contributed by atoms with Crippen molar-refractivity contribution in [1.82, 2.24) is 14.8 Å². The van der Waals surface area contributed by atoms with E-state index in [2.05, 4.69) is 31.3 Å². The van der Waals surface area contributed by atoms with Gasteiger partial charge in [0.1, 0.15) is 4.47 Å². The first-order chi connectivity index (χ1) is 10.2. The number of aromatic nitrogens is 3. The quantitative estimate of drug-likeness (QED) is 0.804. The summed E-state index contributed by atoms with van der Waals surface area (Å²) in [6.07, 6.45) is 3.23. The van der Waals surface area contributed by atoms with Crippen LogP contribution < -0.4 is 15.6 Å². The van der Waals surface area contributed by atoms with Crippen LogP contribution in [-0.4, -0.2) is 33.6 Å². The Kier molecular flexibility index (Phi) is 5.29. The highest BCUT2D eigenvalue weighted by molar-refractivity contribution is 9.10. The zero-order valence-electron chi connectivity index (χ0n) is 11.4. The number of rotatable bonds is 6. The van der Waals surface area contributed by atoms with Gasteiger partial charge < -0.3 is 15.2 Å². The van der Waals surface area contributed by atoms with Crippen LogP contribution in [0.25, 0.3) is 0 Å². The molecule has 0 spiro atoms. The van der Waals surface area contributed by atoms with Gasteiger partial charge in [-0.3, -0.25) is 4.79 Å². The van der Waals surface area contributed by atoms with Crippen molar-refractivity contribution in [3.63, 3.8) is 0 Å². The zero-order chi connectivity index (χ0) is 15.2. The Morgan fingerprint density at radius 1 is 1.43 bits per heavy atom. The summed E-state index contributed by atoms with van der Waals surface area (Å²) in [5.74, 6) is 0.549. The lowest BCUT2D eigenvalue weighted by Crippen LogP contribution is -2.25. The van der Waals surface area contributed by atoms with Gasteiger partial charge in [0.15, 0.2) is 0 Å². The van der Waals surface area contributed by atoms with Crippen LogP contribution in [0.15, 0.2) is 33.8 Å². The molecule has 2 aromatic heterocycles. The van der Waals surface area contributed by atoms with E-state index in [1.165, 1.54) is 10.9 Å². The topological polar surface area (TPSA) is 89.3 Å². The second-order valence-corrected chi connectivity index (χ2v) is 4.98. The van der Waals surface area contributed by atoms with Crippen LogP contribution in [-0.2, 0) is 13.1 Å². The minimum absolute atomic E-state index is 0.135. The maximum Gasteiger partial charge on any atom is 0.283 e. The summed E-state index contributed by atoms with van der Waals surface area (Å²) in [5, 5.41) is 15.9. The molecule has 0 bridgehead atoms. The summed E-state index contributed by atoms with van der Waals surface area (Å²) in [7, 11) is 1.56. The SMILES string of the molecule is COc1ccc(CNc2cnn(CCO)c(=O)c2Br)cn1. The first-order valence-corrected chi connectivity index (χ1v) is 7.04. The van der Waals surface area contributed by atoms with Crippen molar-refractivity contribution in [2.45, 2.75) is 13.1 Å². The number of ether oxygens (including phenoxy) is 1. The summed E-state index contributed by atoms with van der Waals surface area (Å²) in [5.41, 5.74) is 1.24. The van der Waals surface area contributed by atoms with Gasteiger partial charge in [-0.25, -0.2) is 9.67 Å². The number of pyridine rings is 1. The lowest BCUT2D eigenvalue weighted by Gasteiger charge is -2.10. The van der Waals surface area contributed by atoms with Gasteiger partial charge in [-0.15, -0.1) is 0 Å². The Labute approximate surface area is 129 Å². The van der Waals surface area contributed by atoms with Crippen molar-refractivity contribution in [3.05, 3.63) is 44.9 Å². The van der Waals surface area contributed by atoms with E-state index in [1.54, 1.807) is 19.4 Å². The predicted octanol–water partition coefficient (Wildman–Crippen LogP) is 1.01. The molecular weight excluding hydrogens is 340 g/mol. The first-order valence-electron chi connectivity index (χ1n) is 6.25. The summed E-state index contributed by atoms with van der Waals surface area (Å²) in [4.78, 5) is 16.1. The van der Waals surface area contributed by atoms with Gasteiger partial charge in [0.25, 0.3) is 5.56 Å². The Balaban J connectivity index is 2.09. The molecule has 7 nitrogen and oxygen atoms in total. The maximum atomic E-state index is 11.9. The molecule has 21 heavy (non-hydrogen) atoms. The number of aliphatic hydroxyl groups is 1. The van der Waals surface area contributed by atoms with E-state index in [0.717, 1.165) is 5.56 Å². The van der Waals surface area contributed by atoms with Crippen LogP contribution in [0.3, 0.4) is 0 Å². The molecule has 0 aromatic carbocycles. The largest absolute Gasteiger partial charge is 0.481 e. The van der Waals surface area contributed by atoms with Gasteiger partial charge in [0.2, 0.25) is 5.88 Å². The number of nitrogens with zero attached hydrogens (tertiary/aromatic N) is 3. The van der Waals surface area contributed by atoms with Gasteiger partial charge in [0.05, 0.1) is 32.1 Å². The highest BCUT2D eigenvalue weighted by atomic mass is 79.9. The standard InChI is InChI=1S/C13H15BrN4O3/c1-21-11-3-2-9(7-16-11)6-15-10-8-17-18(4-5-19)13(20)12(10)14/h2-3,7-8,15,19H,4-6H2,1H3. The van der Waals surface area contributed by atoms with Gasteiger partial charge in [-0.1, -0.05) is 6.07 Å². The summed E-state index contributed by atoms with van der Waals surface area (Å²) < 4.78 is 6.57. The Morgan fingerprint density at radius 3 is 2.86 bits per heavy atom. The molecule has 0 fully saturated rings. The van der Waals surface area contributed by atoms with E-state index >= 15 is 0 Å². The lowest BCUT2D eigenvalue weighted by atomic mass is 10.3. The molecule has 112 valence electrons. The molecule has 0 amide bonds.